The van der Waals surface area contributed by atoms with Crippen LogP contribution in [0.3, 0.4) is 0 Å². The number of benzene rings is 1. The second-order valence-electron chi connectivity index (χ2n) is 5.90. The first-order valence-electron chi connectivity index (χ1n) is 8.11. The van der Waals surface area contributed by atoms with Gasteiger partial charge in [-0.3, -0.25) is 4.79 Å². The highest BCUT2D eigenvalue weighted by Gasteiger charge is 2.25. The van der Waals surface area contributed by atoms with Crippen molar-refractivity contribution in [3.8, 4) is 5.75 Å². The van der Waals surface area contributed by atoms with E-state index in [-0.39, 0.29) is 11.8 Å². The van der Waals surface area contributed by atoms with Crippen molar-refractivity contribution in [3.63, 3.8) is 0 Å². The van der Waals surface area contributed by atoms with Crippen LogP contribution in [-0.4, -0.2) is 17.5 Å². The molecule has 1 aromatic heterocycles. The van der Waals surface area contributed by atoms with E-state index in [1.165, 1.54) is 0 Å². The van der Waals surface area contributed by atoms with Crippen molar-refractivity contribution in [1.29, 1.82) is 0 Å². The fourth-order valence-electron chi connectivity index (χ4n) is 2.78. The normalized spacial score (nSPS) is 16.5. The molecule has 0 saturated heterocycles. The number of carbonyl (C=O) groups excluding carboxylic acids is 1. The lowest BCUT2D eigenvalue weighted by Crippen LogP contribution is -2.37. The molecule has 1 N–H and O–H groups in total. The number of carbonyl (C=O) groups is 1. The molecule has 0 fully saturated rings. The molecule has 1 unspecified atom stereocenters. The Kier molecular flexibility index (Phi) is 4.96. The average Bonchev–Trinajstić information content (AvgIpc) is 2.92. The third kappa shape index (κ3) is 3.72. The summed E-state index contributed by atoms with van der Waals surface area (Å²) in [5, 5.41) is 4.20. The van der Waals surface area contributed by atoms with Gasteiger partial charge in [0.15, 0.2) is 0 Å². The topological polar surface area (TPSA) is 51.2 Å². The van der Waals surface area contributed by atoms with Crippen LogP contribution in [-0.2, 0) is 24.2 Å². The highest BCUT2D eigenvalue weighted by molar-refractivity contribution is 7.11. The van der Waals surface area contributed by atoms with Crippen LogP contribution in [0.15, 0.2) is 24.3 Å². The summed E-state index contributed by atoms with van der Waals surface area (Å²) in [4.78, 5) is 18.1. The van der Waals surface area contributed by atoms with Gasteiger partial charge in [0.05, 0.1) is 23.2 Å². The first-order valence-corrected chi connectivity index (χ1v) is 8.92. The summed E-state index contributed by atoms with van der Waals surface area (Å²) in [5.41, 5.74) is 2.14. The minimum atomic E-state index is -0.117. The third-order valence-corrected chi connectivity index (χ3v) is 5.29. The molecule has 1 aliphatic rings. The SMILES string of the molecule is CCCc1nc(C)c(CNC(=O)C2COc3ccccc3C2)s1. The smallest absolute Gasteiger partial charge is 0.227 e. The van der Waals surface area contributed by atoms with Gasteiger partial charge in [-0.1, -0.05) is 25.1 Å². The number of aromatic nitrogens is 1. The summed E-state index contributed by atoms with van der Waals surface area (Å²) in [7, 11) is 0. The van der Waals surface area contributed by atoms with E-state index in [4.69, 9.17) is 4.74 Å². The van der Waals surface area contributed by atoms with E-state index < -0.39 is 0 Å². The zero-order valence-corrected chi connectivity index (χ0v) is 14.4. The van der Waals surface area contributed by atoms with Crippen LogP contribution in [0.25, 0.3) is 0 Å². The summed E-state index contributed by atoms with van der Waals surface area (Å²) in [6, 6.07) is 7.93. The van der Waals surface area contributed by atoms with Crippen LogP contribution in [0.2, 0.25) is 0 Å². The fraction of sp³-hybridized carbons (Fsp3) is 0.444. The van der Waals surface area contributed by atoms with Crippen LogP contribution >= 0.6 is 11.3 Å². The second-order valence-corrected chi connectivity index (χ2v) is 7.07. The zero-order valence-electron chi connectivity index (χ0n) is 13.6. The molecule has 0 saturated carbocycles. The van der Waals surface area contributed by atoms with Crippen molar-refractivity contribution >= 4 is 17.2 Å². The largest absolute Gasteiger partial charge is 0.492 e. The molecule has 0 bridgehead atoms. The zero-order chi connectivity index (χ0) is 16.2. The fourth-order valence-corrected chi connectivity index (χ4v) is 3.89. The number of nitrogens with one attached hydrogen (secondary N) is 1. The van der Waals surface area contributed by atoms with Gasteiger partial charge in [-0.05, 0) is 37.8 Å². The van der Waals surface area contributed by atoms with E-state index in [0.717, 1.165) is 46.2 Å². The van der Waals surface area contributed by atoms with Gasteiger partial charge in [0.25, 0.3) is 0 Å². The Morgan fingerprint density at radius 3 is 3.09 bits per heavy atom. The number of amides is 1. The van der Waals surface area contributed by atoms with Gasteiger partial charge in [0, 0.05) is 4.88 Å². The number of fused-ring (bicyclic) bond motifs is 1. The first-order chi connectivity index (χ1) is 11.2. The molecule has 122 valence electrons. The molecule has 1 atom stereocenters. The average molecular weight is 330 g/mol. The number of para-hydroxylation sites is 1. The van der Waals surface area contributed by atoms with Gasteiger partial charge in [-0.15, -0.1) is 11.3 Å². The molecule has 0 aliphatic carbocycles. The molecule has 0 radical (unpaired) electrons. The number of hydrogen-bond acceptors (Lipinski definition) is 4. The lowest BCUT2D eigenvalue weighted by atomic mass is 9.96. The highest BCUT2D eigenvalue weighted by atomic mass is 32.1. The molecular formula is C18H22N2O2S. The van der Waals surface area contributed by atoms with Gasteiger partial charge in [0.1, 0.15) is 12.4 Å². The molecule has 0 spiro atoms. The van der Waals surface area contributed by atoms with Crippen molar-refractivity contribution in [2.75, 3.05) is 6.61 Å². The second kappa shape index (κ2) is 7.13. The Bertz CT molecular complexity index is 696. The van der Waals surface area contributed by atoms with Crippen LogP contribution in [0.5, 0.6) is 5.75 Å². The summed E-state index contributed by atoms with van der Waals surface area (Å²) in [6.45, 7) is 5.17. The van der Waals surface area contributed by atoms with E-state index in [1.54, 1.807) is 11.3 Å². The lowest BCUT2D eigenvalue weighted by Gasteiger charge is -2.24. The van der Waals surface area contributed by atoms with Gasteiger partial charge < -0.3 is 10.1 Å². The maximum absolute atomic E-state index is 12.4. The predicted molar refractivity (Wildman–Crippen MR) is 91.8 cm³/mol. The molecule has 4 nitrogen and oxygen atoms in total. The molecule has 3 rings (SSSR count). The molecule has 2 aromatic rings. The van der Waals surface area contributed by atoms with Crippen LogP contribution in [0.4, 0.5) is 0 Å². The van der Waals surface area contributed by atoms with Crippen LogP contribution < -0.4 is 10.1 Å². The minimum absolute atomic E-state index is 0.0596. The monoisotopic (exact) mass is 330 g/mol. The van der Waals surface area contributed by atoms with E-state index in [9.17, 15) is 4.79 Å². The van der Waals surface area contributed by atoms with E-state index >= 15 is 0 Å². The molecule has 5 heteroatoms. The highest BCUT2D eigenvalue weighted by Crippen LogP contribution is 2.27. The summed E-state index contributed by atoms with van der Waals surface area (Å²) in [6.07, 6.45) is 2.84. The third-order valence-electron chi connectivity index (χ3n) is 4.07. The first kappa shape index (κ1) is 16.0. The quantitative estimate of drug-likeness (QED) is 0.915. The van der Waals surface area contributed by atoms with Crippen molar-refractivity contribution < 1.29 is 9.53 Å². The Balaban J connectivity index is 1.58. The number of ether oxygens (including phenoxy) is 1. The summed E-state index contributed by atoms with van der Waals surface area (Å²) < 4.78 is 5.70. The molecular weight excluding hydrogens is 308 g/mol. The summed E-state index contributed by atoms with van der Waals surface area (Å²) in [5.74, 6) is 0.844. The predicted octanol–water partition coefficient (Wildman–Crippen LogP) is 3.27. The van der Waals surface area contributed by atoms with Crippen molar-refractivity contribution in [2.45, 2.75) is 39.7 Å². The minimum Gasteiger partial charge on any atom is -0.492 e. The molecule has 1 aliphatic heterocycles. The number of rotatable bonds is 5. The summed E-state index contributed by atoms with van der Waals surface area (Å²) >= 11 is 1.70. The molecule has 1 aromatic carbocycles. The number of nitrogens with zero attached hydrogens (tertiary/aromatic N) is 1. The van der Waals surface area contributed by atoms with E-state index in [0.29, 0.717) is 13.2 Å². The van der Waals surface area contributed by atoms with E-state index in [1.807, 2.05) is 31.2 Å². The Morgan fingerprint density at radius 2 is 2.26 bits per heavy atom. The number of aryl methyl sites for hydroxylation is 2. The van der Waals surface area contributed by atoms with Gasteiger partial charge in [-0.2, -0.15) is 0 Å². The maximum atomic E-state index is 12.4. The van der Waals surface area contributed by atoms with E-state index in [2.05, 4.69) is 17.2 Å². The number of hydrogen-bond donors (Lipinski definition) is 1. The molecule has 2 heterocycles. The van der Waals surface area contributed by atoms with Crippen molar-refractivity contribution in [2.24, 2.45) is 5.92 Å². The van der Waals surface area contributed by atoms with Crippen molar-refractivity contribution in [1.82, 2.24) is 10.3 Å². The Labute approximate surface area is 140 Å². The van der Waals surface area contributed by atoms with Crippen molar-refractivity contribution in [3.05, 3.63) is 45.4 Å². The van der Waals surface area contributed by atoms with Crippen LogP contribution in [0, 0.1) is 12.8 Å². The standard InChI is InChI=1S/C18H22N2O2S/c1-3-6-17-20-12(2)16(23-17)10-19-18(21)14-9-13-7-4-5-8-15(13)22-11-14/h4-5,7-8,14H,3,6,9-11H2,1-2H3,(H,19,21). The Morgan fingerprint density at radius 1 is 1.43 bits per heavy atom. The lowest BCUT2D eigenvalue weighted by molar-refractivity contribution is -0.126. The Hall–Kier alpha value is -1.88. The molecule has 1 amide bonds. The van der Waals surface area contributed by atoms with Gasteiger partial charge in [0.2, 0.25) is 5.91 Å². The van der Waals surface area contributed by atoms with Crippen LogP contribution in [0.1, 0.15) is 34.5 Å². The molecule has 23 heavy (non-hydrogen) atoms. The van der Waals surface area contributed by atoms with Gasteiger partial charge in [-0.25, -0.2) is 4.98 Å². The maximum Gasteiger partial charge on any atom is 0.227 e. The van der Waals surface area contributed by atoms with Gasteiger partial charge >= 0.3 is 0 Å². The number of thiazole rings is 1.